The number of allylic oxidation sites excluding steroid dienone is 2. The summed E-state index contributed by atoms with van der Waals surface area (Å²) in [5, 5.41) is 3.50. The van der Waals surface area contributed by atoms with Crippen molar-refractivity contribution in [1.29, 1.82) is 0 Å². The maximum Gasteiger partial charge on any atom is 0.0695 e. The van der Waals surface area contributed by atoms with Crippen LogP contribution in [0.3, 0.4) is 0 Å². The molecule has 2 unspecified atom stereocenters. The van der Waals surface area contributed by atoms with Crippen molar-refractivity contribution < 1.29 is 1.43 Å². The Labute approximate surface area is 74.3 Å². The zero-order valence-corrected chi connectivity index (χ0v) is 7.30. The van der Waals surface area contributed by atoms with Crippen LogP contribution in [-0.2, 0) is 0 Å². The molecule has 0 aromatic heterocycles. The maximum atomic E-state index is 3.50. The lowest BCUT2D eigenvalue weighted by Gasteiger charge is -2.16. The Bertz CT molecular complexity index is 329. The molecule has 1 heteroatoms. The van der Waals surface area contributed by atoms with Crippen LogP contribution in [0.15, 0.2) is 36.1 Å². The summed E-state index contributed by atoms with van der Waals surface area (Å²) in [6.45, 7) is 2.24. The van der Waals surface area contributed by atoms with E-state index in [9.17, 15) is 0 Å². The van der Waals surface area contributed by atoms with E-state index in [1.807, 2.05) is 0 Å². The Morgan fingerprint density at radius 2 is 2.33 bits per heavy atom. The molecule has 0 aromatic carbocycles. The summed E-state index contributed by atoms with van der Waals surface area (Å²) in [4.78, 5) is 0. The molecule has 2 aliphatic carbocycles. The van der Waals surface area contributed by atoms with Gasteiger partial charge in [0, 0.05) is 6.84 Å². The van der Waals surface area contributed by atoms with Crippen LogP contribution in [0.2, 0.25) is 0 Å². The predicted octanol–water partition coefficient (Wildman–Crippen LogP) is 2.38. The Morgan fingerprint density at radius 1 is 1.50 bits per heavy atom. The molecule has 0 radical (unpaired) electrons. The third-order valence-electron chi connectivity index (χ3n) is 3.56. The molecule has 1 fully saturated rings. The van der Waals surface area contributed by atoms with Gasteiger partial charge in [0.25, 0.3) is 0 Å². The summed E-state index contributed by atoms with van der Waals surface area (Å²) in [6.07, 6.45) is 13.7. The summed E-state index contributed by atoms with van der Waals surface area (Å²) in [5.74, 6) is 0. The number of rotatable bonds is 1. The van der Waals surface area contributed by atoms with Crippen LogP contribution in [0, 0.1) is 5.41 Å². The number of nitrogens with one attached hydrogen (secondary N) is 1. The van der Waals surface area contributed by atoms with Crippen molar-refractivity contribution in [2.24, 2.45) is 5.41 Å². The van der Waals surface area contributed by atoms with E-state index in [-0.39, 0.29) is 1.43 Å². The average molecular weight is 161 g/mol. The normalized spacial score (nSPS) is 46.2. The maximum absolute atomic E-state index is 3.50. The van der Waals surface area contributed by atoms with Crippen molar-refractivity contribution in [3.63, 3.8) is 0 Å². The van der Waals surface area contributed by atoms with Crippen molar-refractivity contribution in [3.05, 3.63) is 36.1 Å². The Kier molecular flexibility index (Phi) is 0.914. The lowest BCUT2D eigenvalue weighted by atomic mass is 9.89. The summed E-state index contributed by atoms with van der Waals surface area (Å²) < 4.78 is 0. The first-order chi connectivity index (χ1) is 5.83. The zero-order chi connectivity index (χ0) is 8.23. The standard InChI is InChI=1S/C11H13N.H2/c1-2-9-7-12-11-6-4-3-5-10(9,11)8-11;/h3-7,12H,2,8H2,1H3;1H. The van der Waals surface area contributed by atoms with Crippen molar-refractivity contribution in [2.45, 2.75) is 25.3 Å². The fourth-order valence-corrected chi connectivity index (χ4v) is 2.75. The van der Waals surface area contributed by atoms with Gasteiger partial charge in [-0.1, -0.05) is 31.2 Å². The highest BCUT2D eigenvalue weighted by molar-refractivity contribution is 5.54. The first kappa shape index (κ1) is 6.53. The minimum Gasteiger partial charge on any atom is -0.381 e. The SMILES string of the molecule is CCC1=CNC23C=CC=CC12C3.[HH]. The van der Waals surface area contributed by atoms with Gasteiger partial charge in [0.1, 0.15) is 0 Å². The van der Waals surface area contributed by atoms with E-state index in [4.69, 9.17) is 0 Å². The fraction of sp³-hybridized carbons (Fsp3) is 0.455. The third-order valence-corrected chi connectivity index (χ3v) is 3.56. The Morgan fingerprint density at radius 3 is 3.17 bits per heavy atom. The number of hydrogen-bond donors (Lipinski definition) is 1. The summed E-state index contributed by atoms with van der Waals surface area (Å²) in [6, 6.07) is 0. The highest BCUT2D eigenvalue weighted by Crippen LogP contribution is 2.67. The van der Waals surface area contributed by atoms with Crippen molar-refractivity contribution in [1.82, 2.24) is 5.32 Å². The van der Waals surface area contributed by atoms with Gasteiger partial charge in [0.2, 0.25) is 0 Å². The zero-order valence-electron chi connectivity index (χ0n) is 7.30. The molecule has 0 aromatic rings. The van der Waals surface area contributed by atoms with Gasteiger partial charge < -0.3 is 5.32 Å². The second-order valence-corrected chi connectivity index (χ2v) is 4.01. The molecular weight excluding hydrogens is 146 g/mol. The quantitative estimate of drug-likeness (QED) is 0.622. The van der Waals surface area contributed by atoms with Crippen molar-refractivity contribution in [2.75, 3.05) is 0 Å². The van der Waals surface area contributed by atoms with E-state index < -0.39 is 0 Å². The van der Waals surface area contributed by atoms with Crippen LogP contribution >= 0.6 is 0 Å². The van der Waals surface area contributed by atoms with Gasteiger partial charge in [-0.15, -0.1) is 0 Å². The second-order valence-electron chi connectivity index (χ2n) is 4.01. The largest absolute Gasteiger partial charge is 0.381 e. The molecular formula is C11H15N. The molecule has 3 aliphatic rings. The van der Waals surface area contributed by atoms with Gasteiger partial charge in [0.15, 0.2) is 0 Å². The minimum atomic E-state index is 0. The van der Waals surface area contributed by atoms with Gasteiger partial charge in [-0.2, -0.15) is 0 Å². The number of hydrogen-bond acceptors (Lipinski definition) is 1. The first-order valence-electron chi connectivity index (χ1n) is 4.67. The highest BCUT2D eigenvalue weighted by atomic mass is 15.1. The minimum absolute atomic E-state index is 0. The Balaban J connectivity index is 0.000000653. The van der Waals surface area contributed by atoms with Gasteiger partial charge >= 0.3 is 0 Å². The topological polar surface area (TPSA) is 12.0 Å². The monoisotopic (exact) mass is 161 g/mol. The molecule has 0 amide bonds. The molecule has 64 valence electrons. The van der Waals surface area contributed by atoms with E-state index in [0.29, 0.717) is 11.0 Å². The summed E-state index contributed by atoms with van der Waals surface area (Å²) in [7, 11) is 0. The molecule has 1 N–H and O–H groups in total. The summed E-state index contributed by atoms with van der Waals surface area (Å²) >= 11 is 0. The molecule has 1 heterocycles. The molecule has 1 saturated carbocycles. The molecule has 1 nitrogen and oxygen atoms in total. The Hall–Kier alpha value is -0.980. The van der Waals surface area contributed by atoms with Crippen molar-refractivity contribution >= 4 is 0 Å². The van der Waals surface area contributed by atoms with Crippen molar-refractivity contribution in [3.8, 4) is 0 Å². The first-order valence-corrected chi connectivity index (χ1v) is 4.67. The molecule has 0 bridgehead atoms. The van der Waals surface area contributed by atoms with Crippen LogP contribution < -0.4 is 5.32 Å². The smallest absolute Gasteiger partial charge is 0.0695 e. The molecule has 3 rings (SSSR count). The fourth-order valence-electron chi connectivity index (χ4n) is 2.75. The van der Waals surface area contributed by atoms with Gasteiger partial charge in [-0.05, 0) is 24.6 Å². The second kappa shape index (κ2) is 1.68. The van der Waals surface area contributed by atoms with Crippen LogP contribution in [0.25, 0.3) is 0 Å². The average Bonchev–Trinajstić information content (AvgIpc) is 2.67. The van der Waals surface area contributed by atoms with E-state index in [2.05, 4.69) is 42.7 Å². The van der Waals surface area contributed by atoms with E-state index >= 15 is 0 Å². The van der Waals surface area contributed by atoms with E-state index in [0.717, 1.165) is 0 Å². The van der Waals surface area contributed by atoms with Crippen LogP contribution in [0.5, 0.6) is 0 Å². The molecule has 2 atom stereocenters. The molecule has 12 heavy (non-hydrogen) atoms. The van der Waals surface area contributed by atoms with E-state index in [1.165, 1.54) is 12.8 Å². The molecule has 0 saturated heterocycles. The van der Waals surface area contributed by atoms with Gasteiger partial charge in [-0.25, -0.2) is 0 Å². The third kappa shape index (κ3) is 0.473. The summed E-state index contributed by atoms with van der Waals surface area (Å²) in [5.41, 5.74) is 2.26. The molecule has 1 aliphatic heterocycles. The van der Waals surface area contributed by atoms with Crippen LogP contribution in [0.1, 0.15) is 21.2 Å². The lowest BCUT2D eigenvalue weighted by Crippen LogP contribution is -2.26. The van der Waals surface area contributed by atoms with Crippen LogP contribution in [-0.4, -0.2) is 5.54 Å². The van der Waals surface area contributed by atoms with Gasteiger partial charge in [0.05, 0.1) is 5.54 Å². The van der Waals surface area contributed by atoms with E-state index in [1.54, 1.807) is 5.57 Å². The predicted molar refractivity (Wildman–Crippen MR) is 51.7 cm³/mol. The molecule has 0 spiro atoms. The van der Waals surface area contributed by atoms with Gasteiger partial charge in [-0.3, -0.25) is 0 Å². The lowest BCUT2D eigenvalue weighted by molar-refractivity contribution is 0.623. The highest BCUT2D eigenvalue weighted by Gasteiger charge is 2.69. The van der Waals surface area contributed by atoms with Crippen LogP contribution in [0.4, 0.5) is 0 Å².